The molecule has 1 atom stereocenters. The molecular weight excluding hydrogens is 174 g/mol. The van der Waals surface area contributed by atoms with Crippen LogP contribution in [0.2, 0.25) is 0 Å². The molecule has 2 N–H and O–H groups in total. The van der Waals surface area contributed by atoms with Gasteiger partial charge in [-0.2, -0.15) is 13.7 Å². The van der Waals surface area contributed by atoms with E-state index in [0.29, 0.717) is 0 Å². The Morgan fingerprint density at radius 3 is 2.55 bits per heavy atom. The van der Waals surface area contributed by atoms with Crippen molar-refractivity contribution in [3.8, 4) is 6.07 Å². The molecule has 0 radical (unpaired) electrons. The molecule has 0 saturated carbocycles. The van der Waals surface area contributed by atoms with E-state index in [0.717, 1.165) is 0 Å². The fourth-order valence-corrected chi connectivity index (χ4v) is 0.658. The fraction of sp³-hybridized carbons (Fsp3) is 0.750. The van der Waals surface area contributed by atoms with Crippen LogP contribution >= 0.6 is 0 Å². The third kappa shape index (κ3) is 7.21. The average molecular weight is 181 g/mol. The highest BCUT2D eigenvalue weighted by molar-refractivity contribution is 7.80. The molecule has 64 valence electrons. The van der Waals surface area contributed by atoms with Crippen molar-refractivity contribution in [2.75, 3.05) is 6.61 Å². The first kappa shape index (κ1) is 10.3. The van der Waals surface area contributed by atoms with Crippen molar-refractivity contribution in [2.24, 2.45) is 0 Å². The van der Waals surface area contributed by atoms with Gasteiger partial charge in [-0.05, 0) is 0 Å². The minimum atomic E-state index is -4.51. The molecule has 0 spiro atoms. The maximum Gasteiger partial charge on any atom is 0.397 e. The van der Waals surface area contributed by atoms with E-state index < -0.39 is 23.1 Å². The van der Waals surface area contributed by atoms with E-state index in [1.165, 1.54) is 0 Å². The highest BCUT2D eigenvalue weighted by atomic mass is 32.3. The number of hydrogen-bond donors (Lipinski definition) is 2. The van der Waals surface area contributed by atoms with Gasteiger partial charge in [0.25, 0.3) is 0 Å². The summed E-state index contributed by atoms with van der Waals surface area (Å²) in [5.41, 5.74) is 0. The van der Waals surface area contributed by atoms with Crippen LogP contribution in [0.1, 0.15) is 6.42 Å². The van der Waals surface area contributed by atoms with Crippen molar-refractivity contribution in [3.05, 3.63) is 0 Å². The monoisotopic (exact) mass is 181 g/mol. The Balaban J connectivity index is 3.65. The smallest absolute Gasteiger partial charge is 0.390 e. The Morgan fingerprint density at radius 1 is 1.64 bits per heavy atom. The maximum absolute atomic E-state index is 9.88. The van der Waals surface area contributed by atoms with Gasteiger partial charge in [-0.3, -0.25) is 4.55 Å². The van der Waals surface area contributed by atoms with Gasteiger partial charge in [-0.1, -0.05) is 0 Å². The van der Waals surface area contributed by atoms with Gasteiger partial charge in [-0.15, -0.1) is 0 Å². The number of aliphatic hydroxyl groups excluding tert-OH is 1. The van der Waals surface area contributed by atoms with E-state index in [1.54, 1.807) is 6.07 Å². The molecule has 0 heterocycles. The summed E-state index contributed by atoms with van der Waals surface area (Å²) in [4.78, 5) is 0. The van der Waals surface area contributed by atoms with E-state index >= 15 is 0 Å². The molecule has 1 unspecified atom stereocenters. The molecule has 0 fully saturated rings. The van der Waals surface area contributed by atoms with Crippen molar-refractivity contribution in [1.82, 2.24) is 0 Å². The molecule has 0 bridgehead atoms. The highest BCUT2D eigenvalue weighted by Gasteiger charge is 2.09. The predicted octanol–water partition coefficient (Wildman–Crippen LogP) is -0.920. The quantitative estimate of drug-likeness (QED) is 0.543. The second-order valence-corrected chi connectivity index (χ2v) is 2.82. The number of hydrogen-bond acceptors (Lipinski definition) is 5. The number of aliphatic hydroxyl groups is 1. The summed E-state index contributed by atoms with van der Waals surface area (Å²) in [6, 6.07) is 1.60. The van der Waals surface area contributed by atoms with Crippen molar-refractivity contribution in [3.63, 3.8) is 0 Å². The second-order valence-electron chi connectivity index (χ2n) is 1.73. The summed E-state index contributed by atoms with van der Waals surface area (Å²) >= 11 is 0. The molecule has 0 aliphatic carbocycles. The molecule has 0 amide bonds. The summed E-state index contributed by atoms with van der Waals surface area (Å²) in [7, 11) is -4.51. The molecule has 0 aromatic carbocycles. The van der Waals surface area contributed by atoms with Crippen LogP contribution in [0.3, 0.4) is 0 Å². The zero-order chi connectivity index (χ0) is 8.91. The Hall–Kier alpha value is -0.680. The largest absolute Gasteiger partial charge is 0.397 e. The van der Waals surface area contributed by atoms with E-state index in [1.807, 2.05) is 0 Å². The third-order valence-electron chi connectivity index (χ3n) is 0.736. The standard InChI is InChI=1S/C4H7NO5S/c5-2-1-4(6)3-10-11(7,8)9/h4,6H,1,3H2,(H,7,8,9). The number of nitriles is 1. The van der Waals surface area contributed by atoms with Crippen LogP contribution in [-0.4, -0.2) is 30.8 Å². The van der Waals surface area contributed by atoms with Gasteiger partial charge >= 0.3 is 10.4 Å². The topological polar surface area (TPSA) is 108 Å². The predicted molar refractivity (Wildman–Crippen MR) is 33.7 cm³/mol. The van der Waals surface area contributed by atoms with Crippen LogP contribution in [0, 0.1) is 11.3 Å². The lowest BCUT2D eigenvalue weighted by molar-refractivity contribution is 0.106. The number of nitrogens with zero attached hydrogens (tertiary/aromatic N) is 1. The van der Waals surface area contributed by atoms with Crippen molar-refractivity contribution >= 4 is 10.4 Å². The SMILES string of the molecule is N#CCC(O)COS(=O)(=O)O. The van der Waals surface area contributed by atoms with Gasteiger partial charge < -0.3 is 5.11 Å². The van der Waals surface area contributed by atoms with E-state index in [4.69, 9.17) is 14.9 Å². The normalized spacial score (nSPS) is 13.9. The summed E-state index contributed by atoms with van der Waals surface area (Å²) < 4.78 is 31.5. The Labute approximate surface area is 64.0 Å². The van der Waals surface area contributed by atoms with Gasteiger partial charge in [0.1, 0.15) is 0 Å². The van der Waals surface area contributed by atoms with Crippen LogP contribution in [0.5, 0.6) is 0 Å². The first-order valence-electron chi connectivity index (χ1n) is 2.62. The molecule has 0 rings (SSSR count). The zero-order valence-corrected chi connectivity index (χ0v) is 6.28. The highest BCUT2D eigenvalue weighted by Crippen LogP contribution is 1.93. The van der Waals surface area contributed by atoms with Gasteiger partial charge in [0.15, 0.2) is 0 Å². The number of rotatable bonds is 4. The Kier molecular flexibility index (Phi) is 3.99. The summed E-state index contributed by atoms with van der Waals surface area (Å²) in [6.07, 6.45) is -1.43. The minimum Gasteiger partial charge on any atom is -0.390 e. The van der Waals surface area contributed by atoms with Gasteiger partial charge in [0, 0.05) is 0 Å². The zero-order valence-electron chi connectivity index (χ0n) is 5.47. The van der Waals surface area contributed by atoms with Crippen LogP contribution in [-0.2, 0) is 14.6 Å². The average Bonchev–Trinajstić information content (AvgIpc) is 1.83. The lowest BCUT2D eigenvalue weighted by Crippen LogP contribution is -2.17. The Bertz CT molecular complexity index is 240. The molecule has 6 nitrogen and oxygen atoms in total. The fourth-order valence-electron chi connectivity index (χ4n) is 0.329. The van der Waals surface area contributed by atoms with Crippen molar-refractivity contribution in [1.29, 1.82) is 5.26 Å². The van der Waals surface area contributed by atoms with E-state index in [2.05, 4.69) is 4.18 Å². The molecule has 0 aliphatic rings. The van der Waals surface area contributed by atoms with E-state index in [-0.39, 0.29) is 6.42 Å². The molecular formula is C4H7NO5S. The van der Waals surface area contributed by atoms with Crippen LogP contribution in [0.15, 0.2) is 0 Å². The second kappa shape index (κ2) is 4.25. The molecule has 0 aromatic rings. The van der Waals surface area contributed by atoms with Crippen molar-refractivity contribution in [2.45, 2.75) is 12.5 Å². The minimum absolute atomic E-state index is 0.241. The first-order chi connectivity index (χ1) is 4.95. The van der Waals surface area contributed by atoms with Crippen molar-refractivity contribution < 1.29 is 22.3 Å². The van der Waals surface area contributed by atoms with Gasteiger partial charge in [0.05, 0.1) is 25.2 Å². The summed E-state index contributed by atoms with van der Waals surface area (Å²) in [5, 5.41) is 16.7. The lowest BCUT2D eigenvalue weighted by atomic mass is 10.3. The third-order valence-corrected chi connectivity index (χ3v) is 1.17. The van der Waals surface area contributed by atoms with Gasteiger partial charge in [0.2, 0.25) is 0 Å². The van der Waals surface area contributed by atoms with Crippen LogP contribution in [0.4, 0.5) is 0 Å². The van der Waals surface area contributed by atoms with Crippen LogP contribution < -0.4 is 0 Å². The maximum atomic E-state index is 9.88. The summed E-state index contributed by atoms with van der Waals surface area (Å²) in [5.74, 6) is 0. The molecule has 7 heteroatoms. The van der Waals surface area contributed by atoms with Gasteiger partial charge in [-0.25, -0.2) is 4.18 Å². The first-order valence-corrected chi connectivity index (χ1v) is 3.99. The lowest BCUT2D eigenvalue weighted by Gasteiger charge is -2.03. The van der Waals surface area contributed by atoms with E-state index in [9.17, 15) is 8.42 Å². The molecule has 0 aliphatic heterocycles. The molecule has 0 saturated heterocycles. The summed E-state index contributed by atoms with van der Waals surface area (Å²) in [6.45, 7) is -0.605. The molecule has 0 aromatic heterocycles. The Morgan fingerprint density at radius 2 is 2.18 bits per heavy atom. The molecule has 11 heavy (non-hydrogen) atoms. The van der Waals surface area contributed by atoms with Crippen LogP contribution in [0.25, 0.3) is 0 Å².